The summed E-state index contributed by atoms with van der Waals surface area (Å²) >= 11 is 0. The van der Waals surface area contributed by atoms with Crippen LogP contribution in [0.4, 0.5) is 17.1 Å². The van der Waals surface area contributed by atoms with E-state index in [2.05, 4.69) is 217 Å². The van der Waals surface area contributed by atoms with Crippen molar-refractivity contribution in [1.29, 1.82) is 0 Å². The minimum absolute atomic E-state index is 0.351. The first-order valence-electron chi connectivity index (χ1n) is 18.8. The molecule has 0 radical (unpaired) electrons. The molecule has 0 amide bonds. The van der Waals surface area contributed by atoms with Crippen LogP contribution in [-0.2, 0) is 5.41 Å². The Morgan fingerprint density at radius 2 is 0.667 bits per heavy atom. The van der Waals surface area contributed by atoms with E-state index in [-0.39, 0.29) is 5.41 Å². The largest absolute Gasteiger partial charge is 0.310 e. The molecule has 0 atom stereocenters. The van der Waals surface area contributed by atoms with E-state index in [0.29, 0.717) is 0 Å². The van der Waals surface area contributed by atoms with Crippen molar-refractivity contribution in [1.82, 2.24) is 0 Å². The van der Waals surface area contributed by atoms with E-state index in [4.69, 9.17) is 0 Å². The Morgan fingerprint density at radius 1 is 0.259 bits per heavy atom. The molecule has 0 N–H and O–H groups in total. The fraction of sp³-hybridized carbons (Fsp3) is 0.0189. The first-order chi connectivity index (χ1) is 26.8. The summed E-state index contributed by atoms with van der Waals surface area (Å²) in [5, 5.41) is 2.52. The van der Waals surface area contributed by atoms with Crippen molar-refractivity contribution in [2.75, 3.05) is 4.90 Å². The van der Waals surface area contributed by atoms with E-state index in [1.165, 1.54) is 77.5 Å². The average molecular weight is 686 g/mol. The Kier molecular flexibility index (Phi) is 6.84. The van der Waals surface area contributed by atoms with Crippen LogP contribution < -0.4 is 4.90 Å². The number of anilines is 3. The quantitative estimate of drug-likeness (QED) is 0.174. The van der Waals surface area contributed by atoms with Crippen molar-refractivity contribution in [2.24, 2.45) is 0 Å². The van der Waals surface area contributed by atoms with Crippen molar-refractivity contribution in [3.05, 3.63) is 235 Å². The van der Waals surface area contributed by atoms with Crippen LogP contribution in [0.3, 0.4) is 0 Å². The fourth-order valence-electron chi connectivity index (χ4n) is 9.46. The lowest BCUT2D eigenvalue weighted by Crippen LogP contribution is -2.25. The summed E-state index contributed by atoms with van der Waals surface area (Å²) in [7, 11) is 0. The standard InChI is InChI=1S/C53H35N/c1-3-15-36(16-4-1)41-32-33-42(44-20-8-7-19-43(41)44)37-27-29-39(30-28-37)54(38-17-5-2-6-18-38)40-31-34-52-48(35-40)47-23-11-14-26-51(47)53(52)49-24-12-9-21-45(49)46-22-10-13-25-50(46)53/h1-35H. The predicted molar refractivity (Wildman–Crippen MR) is 226 cm³/mol. The van der Waals surface area contributed by atoms with Gasteiger partial charge in [0.25, 0.3) is 0 Å². The summed E-state index contributed by atoms with van der Waals surface area (Å²) in [6.07, 6.45) is 0. The molecule has 9 aromatic rings. The molecule has 0 aromatic heterocycles. The number of fused-ring (bicyclic) bond motifs is 11. The molecule has 2 aliphatic carbocycles. The Bertz CT molecular complexity index is 2820. The van der Waals surface area contributed by atoms with E-state index in [1.807, 2.05) is 0 Å². The Morgan fingerprint density at radius 3 is 1.24 bits per heavy atom. The lowest BCUT2D eigenvalue weighted by atomic mass is 9.70. The second-order valence-corrected chi connectivity index (χ2v) is 14.4. The molecule has 0 saturated carbocycles. The lowest BCUT2D eigenvalue weighted by Gasteiger charge is -2.31. The summed E-state index contributed by atoms with van der Waals surface area (Å²) < 4.78 is 0. The van der Waals surface area contributed by atoms with Gasteiger partial charge in [0.2, 0.25) is 0 Å². The first kappa shape index (κ1) is 30.6. The highest BCUT2D eigenvalue weighted by Crippen LogP contribution is 2.63. The van der Waals surface area contributed by atoms with Crippen LogP contribution >= 0.6 is 0 Å². The summed E-state index contributed by atoms with van der Waals surface area (Å²) in [5.74, 6) is 0. The zero-order chi connectivity index (χ0) is 35.6. The Hall–Kier alpha value is -6.96. The molecule has 1 heteroatoms. The number of hydrogen-bond acceptors (Lipinski definition) is 1. The van der Waals surface area contributed by atoms with E-state index >= 15 is 0 Å². The molecular weight excluding hydrogens is 651 g/mol. The van der Waals surface area contributed by atoms with Gasteiger partial charge in [-0.15, -0.1) is 0 Å². The van der Waals surface area contributed by atoms with Crippen LogP contribution in [0.1, 0.15) is 22.3 Å². The van der Waals surface area contributed by atoms with Gasteiger partial charge in [0, 0.05) is 17.1 Å². The molecule has 0 heterocycles. The van der Waals surface area contributed by atoms with Gasteiger partial charge in [0.1, 0.15) is 0 Å². The maximum absolute atomic E-state index is 2.42. The Labute approximate surface area is 316 Å². The summed E-state index contributed by atoms with van der Waals surface area (Å²) in [6, 6.07) is 78.0. The van der Waals surface area contributed by atoms with Crippen molar-refractivity contribution >= 4 is 27.8 Å². The van der Waals surface area contributed by atoms with Gasteiger partial charge in [0.05, 0.1) is 5.41 Å². The first-order valence-corrected chi connectivity index (χ1v) is 18.8. The predicted octanol–water partition coefficient (Wildman–Crippen LogP) is 14.0. The number of nitrogens with zero attached hydrogens (tertiary/aromatic N) is 1. The molecule has 54 heavy (non-hydrogen) atoms. The highest BCUT2D eigenvalue weighted by Gasteiger charge is 2.51. The molecule has 11 rings (SSSR count). The smallest absolute Gasteiger partial charge is 0.0725 e. The van der Waals surface area contributed by atoms with Gasteiger partial charge in [-0.3, -0.25) is 0 Å². The number of para-hydroxylation sites is 1. The molecule has 2 aliphatic rings. The zero-order valence-corrected chi connectivity index (χ0v) is 29.7. The van der Waals surface area contributed by atoms with Crippen molar-refractivity contribution in [3.8, 4) is 44.5 Å². The topological polar surface area (TPSA) is 3.24 Å². The molecule has 0 bridgehead atoms. The van der Waals surface area contributed by atoms with Gasteiger partial charge in [-0.2, -0.15) is 0 Å². The van der Waals surface area contributed by atoms with Gasteiger partial charge < -0.3 is 4.90 Å². The Balaban J connectivity index is 1.05. The van der Waals surface area contributed by atoms with Crippen LogP contribution in [0.2, 0.25) is 0 Å². The van der Waals surface area contributed by atoms with Crippen LogP contribution in [0, 0.1) is 0 Å². The van der Waals surface area contributed by atoms with Crippen molar-refractivity contribution in [2.45, 2.75) is 5.41 Å². The van der Waals surface area contributed by atoms with E-state index < -0.39 is 0 Å². The molecule has 252 valence electrons. The molecule has 1 spiro atoms. The SMILES string of the molecule is c1ccc(-c2ccc(-c3ccc(N(c4ccccc4)c4ccc5c(c4)-c4ccccc4C54c5ccccc5-c5ccccc54)cc3)c3ccccc23)cc1. The number of benzene rings is 9. The van der Waals surface area contributed by atoms with Gasteiger partial charge in [-0.05, 0) is 114 Å². The monoisotopic (exact) mass is 685 g/mol. The molecule has 0 unspecified atom stereocenters. The van der Waals surface area contributed by atoms with Crippen LogP contribution in [0.15, 0.2) is 212 Å². The summed E-state index contributed by atoms with van der Waals surface area (Å²) in [5.41, 5.74) is 18.6. The minimum Gasteiger partial charge on any atom is -0.310 e. The number of hydrogen-bond donors (Lipinski definition) is 0. The maximum Gasteiger partial charge on any atom is 0.0725 e. The highest BCUT2D eigenvalue weighted by atomic mass is 15.1. The second-order valence-electron chi connectivity index (χ2n) is 14.4. The third-order valence-corrected chi connectivity index (χ3v) is 11.7. The average Bonchev–Trinajstić information content (AvgIpc) is 3.71. The highest BCUT2D eigenvalue weighted by molar-refractivity contribution is 6.05. The molecule has 0 saturated heterocycles. The third kappa shape index (κ3) is 4.39. The number of rotatable bonds is 5. The minimum atomic E-state index is -0.351. The molecule has 1 nitrogen and oxygen atoms in total. The van der Waals surface area contributed by atoms with Gasteiger partial charge in [-0.1, -0.05) is 176 Å². The molecule has 0 fully saturated rings. The van der Waals surface area contributed by atoms with E-state index in [0.717, 1.165) is 17.1 Å². The molecule has 0 aliphatic heterocycles. The van der Waals surface area contributed by atoms with E-state index in [9.17, 15) is 0 Å². The lowest BCUT2D eigenvalue weighted by molar-refractivity contribution is 0.794. The zero-order valence-electron chi connectivity index (χ0n) is 29.7. The maximum atomic E-state index is 2.42. The summed E-state index contributed by atoms with van der Waals surface area (Å²) in [4.78, 5) is 2.39. The van der Waals surface area contributed by atoms with Gasteiger partial charge >= 0.3 is 0 Å². The molecular formula is C53H35N. The third-order valence-electron chi connectivity index (χ3n) is 11.7. The van der Waals surface area contributed by atoms with E-state index in [1.54, 1.807) is 0 Å². The van der Waals surface area contributed by atoms with Crippen LogP contribution in [-0.4, -0.2) is 0 Å². The van der Waals surface area contributed by atoms with Gasteiger partial charge in [0.15, 0.2) is 0 Å². The van der Waals surface area contributed by atoms with Crippen molar-refractivity contribution in [3.63, 3.8) is 0 Å². The normalized spacial score (nSPS) is 13.0. The molecule has 9 aromatic carbocycles. The second kappa shape index (κ2) is 12.0. The van der Waals surface area contributed by atoms with Gasteiger partial charge in [-0.25, -0.2) is 0 Å². The van der Waals surface area contributed by atoms with Crippen LogP contribution in [0.5, 0.6) is 0 Å². The van der Waals surface area contributed by atoms with Crippen molar-refractivity contribution < 1.29 is 0 Å². The fourth-order valence-corrected chi connectivity index (χ4v) is 9.46. The summed E-state index contributed by atoms with van der Waals surface area (Å²) in [6.45, 7) is 0. The van der Waals surface area contributed by atoms with Crippen LogP contribution in [0.25, 0.3) is 55.3 Å².